The molecule has 0 bridgehead atoms. The van der Waals surface area contributed by atoms with Crippen LogP contribution in [-0.2, 0) is 7.05 Å². The molecule has 0 N–H and O–H groups in total. The molecule has 2 heteroatoms. The fourth-order valence-electron chi connectivity index (χ4n) is 1.36. The highest BCUT2D eigenvalue weighted by atomic mass is 16.5. The van der Waals surface area contributed by atoms with Gasteiger partial charge in [-0.25, -0.2) is 0 Å². The minimum absolute atomic E-state index is 0.509. The second-order valence-corrected chi connectivity index (χ2v) is 2.74. The number of aromatic nitrogens is 1. The third-order valence-electron chi connectivity index (χ3n) is 2.01. The Hall–Kier alpha value is -1.44. The molecule has 0 fully saturated rings. The molecule has 2 nitrogen and oxygen atoms in total. The molecule has 1 aromatic carbocycles. The van der Waals surface area contributed by atoms with Gasteiger partial charge in [-0.15, -0.1) is 0 Å². The monoisotopic (exact) mass is 163 g/mol. The van der Waals surface area contributed by atoms with E-state index in [0.29, 0.717) is 6.04 Å². The van der Waals surface area contributed by atoms with Gasteiger partial charge in [0.05, 0.1) is 14.0 Å². The number of hydrogen-bond acceptors (Lipinski definition) is 1. The van der Waals surface area contributed by atoms with E-state index in [1.165, 1.54) is 0 Å². The number of rotatable bonds is 1. The van der Waals surface area contributed by atoms with Gasteiger partial charge in [-0.05, 0) is 18.2 Å². The average molecular weight is 163 g/mol. The summed E-state index contributed by atoms with van der Waals surface area (Å²) >= 11 is 0. The molecule has 0 saturated heterocycles. The van der Waals surface area contributed by atoms with E-state index < -0.39 is 0 Å². The van der Waals surface area contributed by atoms with E-state index >= 15 is 0 Å². The van der Waals surface area contributed by atoms with Crippen LogP contribution in [0.5, 0.6) is 5.75 Å². The summed E-state index contributed by atoms with van der Waals surface area (Å²) in [6, 6.07) is 6.30. The minimum Gasteiger partial charge on any atom is -0.496 e. The van der Waals surface area contributed by atoms with Gasteiger partial charge in [-0.2, -0.15) is 0 Å². The lowest BCUT2D eigenvalue weighted by molar-refractivity contribution is 0.420. The van der Waals surface area contributed by atoms with E-state index in [1.54, 1.807) is 13.3 Å². The Kier molecular flexibility index (Phi) is 1.30. The molecule has 1 heterocycles. The highest BCUT2D eigenvalue weighted by Gasteiger charge is 2.01. The maximum Gasteiger partial charge on any atom is 0.128 e. The van der Waals surface area contributed by atoms with Crippen LogP contribution in [0.2, 0.25) is 0 Å². The quantitative estimate of drug-likeness (QED) is 0.628. The van der Waals surface area contributed by atoms with Gasteiger partial charge in [0, 0.05) is 18.6 Å². The predicted octanol–water partition coefficient (Wildman–Crippen LogP) is 2.19. The second kappa shape index (κ2) is 2.55. The molecule has 0 unspecified atom stereocenters. The molecular weight excluding hydrogens is 150 g/mol. The summed E-state index contributed by atoms with van der Waals surface area (Å²) in [6.07, 6.45) is 1.78. The Morgan fingerprint density at radius 2 is 2.33 bits per heavy atom. The molecular formula is C10H11NO. The third kappa shape index (κ3) is 0.881. The van der Waals surface area contributed by atoms with E-state index in [1.807, 2.05) is 29.8 Å². The van der Waals surface area contributed by atoms with Crippen LogP contribution >= 0.6 is 0 Å². The number of benzene rings is 1. The van der Waals surface area contributed by atoms with E-state index in [4.69, 9.17) is 6.11 Å². The van der Waals surface area contributed by atoms with Crippen molar-refractivity contribution >= 4 is 10.9 Å². The van der Waals surface area contributed by atoms with E-state index in [0.717, 1.165) is 16.7 Å². The zero-order valence-electron chi connectivity index (χ0n) is 8.16. The zero-order chi connectivity index (χ0) is 9.42. The summed E-state index contributed by atoms with van der Waals surface area (Å²) in [7, 11) is 3.56. The van der Waals surface area contributed by atoms with Crippen molar-refractivity contribution in [3.05, 3.63) is 30.4 Å². The van der Waals surface area contributed by atoms with Gasteiger partial charge in [0.25, 0.3) is 0 Å². The largest absolute Gasteiger partial charge is 0.496 e. The Morgan fingerprint density at radius 3 is 3.08 bits per heavy atom. The summed E-state index contributed by atoms with van der Waals surface area (Å²) in [4.78, 5) is 0. The summed E-state index contributed by atoms with van der Waals surface area (Å²) in [5.74, 6) is 0.767. The molecule has 0 aliphatic carbocycles. The first kappa shape index (κ1) is 6.12. The first-order valence-corrected chi connectivity index (χ1v) is 3.82. The fourth-order valence-corrected chi connectivity index (χ4v) is 1.36. The Labute approximate surface area is 72.8 Å². The Bertz CT molecular complexity index is 447. The lowest BCUT2D eigenvalue weighted by Gasteiger charge is -2.01. The number of aryl methyl sites for hydroxylation is 1. The zero-order valence-corrected chi connectivity index (χ0v) is 7.16. The molecule has 0 amide bonds. The van der Waals surface area contributed by atoms with Gasteiger partial charge in [0.15, 0.2) is 0 Å². The van der Waals surface area contributed by atoms with E-state index in [2.05, 4.69) is 0 Å². The Balaban J connectivity index is 2.88. The van der Waals surface area contributed by atoms with Crippen LogP contribution in [0, 0.1) is 0 Å². The second-order valence-electron chi connectivity index (χ2n) is 2.74. The highest BCUT2D eigenvalue weighted by Crippen LogP contribution is 2.25. The molecule has 0 spiro atoms. The van der Waals surface area contributed by atoms with Crippen LogP contribution in [-0.4, -0.2) is 11.7 Å². The SMILES string of the molecule is [3H]c1cn(C)c2cccc(OC)c12. The normalized spacial score (nSPS) is 11.7. The fraction of sp³-hybridized carbons (Fsp3) is 0.200. The van der Waals surface area contributed by atoms with Crippen LogP contribution in [0.3, 0.4) is 0 Å². The van der Waals surface area contributed by atoms with Gasteiger partial charge in [0.2, 0.25) is 0 Å². The van der Waals surface area contributed by atoms with E-state index in [9.17, 15) is 0 Å². The molecule has 0 radical (unpaired) electrons. The van der Waals surface area contributed by atoms with Crippen molar-refractivity contribution < 1.29 is 6.11 Å². The van der Waals surface area contributed by atoms with Crippen LogP contribution in [0.4, 0.5) is 0 Å². The number of methoxy groups -OCH3 is 1. The first-order chi connectivity index (χ1) is 6.24. The number of fused-ring (bicyclic) bond motifs is 1. The van der Waals surface area contributed by atoms with Crippen LogP contribution in [0.15, 0.2) is 30.4 Å². The van der Waals surface area contributed by atoms with Crippen LogP contribution < -0.4 is 4.74 Å². The molecule has 1 aromatic heterocycles. The molecule has 2 aromatic rings. The van der Waals surface area contributed by atoms with Crippen molar-refractivity contribution in [2.75, 3.05) is 7.11 Å². The van der Waals surface area contributed by atoms with Crippen molar-refractivity contribution in [1.82, 2.24) is 4.57 Å². The van der Waals surface area contributed by atoms with Crippen molar-refractivity contribution in [1.29, 1.82) is 0 Å². The van der Waals surface area contributed by atoms with E-state index in [-0.39, 0.29) is 0 Å². The molecule has 0 aliphatic rings. The van der Waals surface area contributed by atoms with Gasteiger partial charge < -0.3 is 9.30 Å². The highest BCUT2D eigenvalue weighted by molar-refractivity contribution is 5.86. The topological polar surface area (TPSA) is 14.2 Å². The average Bonchev–Trinajstić information content (AvgIpc) is 2.43. The maximum absolute atomic E-state index is 7.73. The van der Waals surface area contributed by atoms with Crippen LogP contribution in [0.1, 0.15) is 1.37 Å². The van der Waals surface area contributed by atoms with Crippen molar-refractivity contribution in [3.63, 3.8) is 0 Å². The lowest BCUT2D eigenvalue weighted by atomic mass is 10.2. The Morgan fingerprint density at radius 1 is 1.50 bits per heavy atom. The molecule has 2 rings (SSSR count). The summed E-state index contributed by atoms with van der Waals surface area (Å²) in [5, 5.41) is 0.882. The standard InChI is InChI=1S/C10H11NO/c1-11-7-6-8-9(11)4-3-5-10(8)12-2/h3-7H,1-2H3/i6T. The minimum atomic E-state index is 0.509. The van der Waals surface area contributed by atoms with Crippen LogP contribution in [0.25, 0.3) is 10.9 Å². The summed E-state index contributed by atoms with van der Waals surface area (Å²) in [5.41, 5.74) is 1.03. The van der Waals surface area contributed by atoms with Crippen molar-refractivity contribution in [3.8, 4) is 5.75 Å². The van der Waals surface area contributed by atoms with Gasteiger partial charge >= 0.3 is 0 Å². The lowest BCUT2D eigenvalue weighted by Crippen LogP contribution is -1.85. The number of hydrogen-bond donors (Lipinski definition) is 0. The predicted molar refractivity (Wildman–Crippen MR) is 49.5 cm³/mol. The molecule has 12 heavy (non-hydrogen) atoms. The smallest absolute Gasteiger partial charge is 0.128 e. The summed E-state index contributed by atoms with van der Waals surface area (Å²) < 4.78 is 14.8. The molecule has 0 aliphatic heterocycles. The van der Waals surface area contributed by atoms with Gasteiger partial charge in [-0.3, -0.25) is 0 Å². The molecule has 62 valence electrons. The third-order valence-corrected chi connectivity index (χ3v) is 2.01. The van der Waals surface area contributed by atoms with Crippen molar-refractivity contribution in [2.24, 2.45) is 7.05 Å². The molecule has 0 atom stereocenters. The number of ether oxygens (including phenoxy) is 1. The first-order valence-electron chi connectivity index (χ1n) is 4.32. The maximum atomic E-state index is 7.73. The number of nitrogens with zero attached hydrogens (tertiary/aromatic N) is 1. The van der Waals surface area contributed by atoms with Gasteiger partial charge in [0.1, 0.15) is 5.75 Å². The molecule has 0 saturated carbocycles. The van der Waals surface area contributed by atoms with Crippen molar-refractivity contribution in [2.45, 2.75) is 0 Å². The van der Waals surface area contributed by atoms with Gasteiger partial charge in [-0.1, -0.05) is 6.07 Å². The summed E-state index contributed by atoms with van der Waals surface area (Å²) in [6.45, 7) is 0.